The van der Waals surface area contributed by atoms with Crippen molar-refractivity contribution in [1.29, 1.82) is 0 Å². The quantitative estimate of drug-likeness (QED) is 0.284. The molecule has 1 atom stereocenters. The van der Waals surface area contributed by atoms with Gasteiger partial charge in [-0.05, 0) is 34.9 Å². The third-order valence-corrected chi connectivity index (χ3v) is 5.75. The van der Waals surface area contributed by atoms with Gasteiger partial charge in [-0.25, -0.2) is 4.79 Å². The number of benzene rings is 4. The van der Waals surface area contributed by atoms with E-state index in [-0.39, 0.29) is 12.2 Å². The van der Waals surface area contributed by atoms with Gasteiger partial charge >= 0.3 is 5.97 Å². The number of carboxylic acid groups (broad SMARTS) is 1. The second-order valence-electron chi connectivity index (χ2n) is 7.97. The Balaban J connectivity index is 1.60. The zero-order valence-corrected chi connectivity index (χ0v) is 18.9. The number of anilines is 2. The van der Waals surface area contributed by atoms with E-state index in [4.69, 9.17) is 0 Å². The van der Waals surface area contributed by atoms with Crippen LogP contribution in [0.5, 0.6) is 0 Å². The predicted octanol–water partition coefficient (Wildman–Crippen LogP) is 5.73. The van der Waals surface area contributed by atoms with Crippen LogP contribution in [0, 0.1) is 0 Å². The number of nitrogens with one attached hydrogen (secondary N) is 2. The normalized spacial score (nSPS) is 11.4. The molecular weight excluding hydrogens is 424 g/mol. The molecule has 0 heterocycles. The summed E-state index contributed by atoms with van der Waals surface area (Å²) < 4.78 is 0. The first-order valence-electron chi connectivity index (χ1n) is 11.1. The molecule has 0 saturated carbocycles. The largest absolute Gasteiger partial charge is 0.480 e. The number of carbonyl (C=O) groups is 2. The standard InChI is InChI=1S/C29H26N2O3/c1-30-26-18-22(20-10-4-2-5-11-20)16-17-23(26)19-27(29(33)34)31-25-15-9-8-14-24(25)28(32)21-12-6-3-7-13-21/h2-18,27,30-31H,19H2,1H3,(H,33,34). The van der Waals surface area contributed by atoms with E-state index >= 15 is 0 Å². The molecule has 1 unspecified atom stereocenters. The smallest absolute Gasteiger partial charge is 0.326 e. The minimum Gasteiger partial charge on any atom is -0.480 e. The van der Waals surface area contributed by atoms with E-state index in [1.54, 1.807) is 36.4 Å². The van der Waals surface area contributed by atoms with E-state index in [0.717, 1.165) is 22.4 Å². The summed E-state index contributed by atoms with van der Waals surface area (Å²) >= 11 is 0. The molecule has 5 nitrogen and oxygen atoms in total. The van der Waals surface area contributed by atoms with E-state index < -0.39 is 12.0 Å². The van der Waals surface area contributed by atoms with Crippen LogP contribution in [0.15, 0.2) is 103 Å². The van der Waals surface area contributed by atoms with Gasteiger partial charge in [-0.3, -0.25) is 4.79 Å². The molecule has 0 aliphatic heterocycles. The first kappa shape index (κ1) is 22.8. The molecule has 0 spiro atoms. The van der Waals surface area contributed by atoms with Crippen molar-refractivity contribution in [3.63, 3.8) is 0 Å². The van der Waals surface area contributed by atoms with Crippen LogP contribution in [0.1, 0.15) is 21.5 Å². The lowest BCUT2D eigenvalue weighted by atomic mass is 9.97. The fraction of sp³-hybridized carbons (Fsp3) is 0.103. The maximum absolute atomic E-state index is 13.1. The van der Waals surface area contributed by atoms with Crippen molar-refractivity contribution in [2.24, 2.45) is 0 Å². The Morgan fingerprint density at radius 2 is 1.41 bits per heavy atom. The summed E-state index contributed by atoms with van der Waals surface area (Å²) in [6.45, 7) is 0. The number of hydrogen-bond acceptors (Lipinski definition) is 4. The first-order chi connectivity index (χ1) is 16.6. The zero-order valence-electron chi connectivity index (χ0n) is 18.9. The average Bonchev–Trinajstić information content (AvgIpc) is 2.89. The monoisotopic (exact) mass is 450 g/mol. The highest BCUT2D eigenvalue weighted by atomic mass is 16.4. The average molecular weight is 451 g/mol. The Kier molecular flexibility index (Phi) is 7.04. The second-order valence-corrected chi connectivity index (χ2v) is 7.97. The van der Waals surface area contributed by atoms with Crippen molar-refractivity contribution in [3.8, 4) is 11.1 Å². The molecule has 0 amide bonds. The Bertz CT molecular complexity index is 1290. The van der Waals surface area contributed by atoms with Gasteiger partial charge in [-0.15, -0.1) is 0 Å². The van der Waals surface area contributed by atoms with Crippen LogP contribution in [0.2, 0.25) is 0 Å². The van der Waals surface area contributed by atoms with Gasteiger partial charge in [0.2, 0.25) is 0 Å². The minimum atomic E-state index is -0.990. The number of rotatable bonds is 9. The van der Waals surface area contributed by atoms with Crippen molar-refractivity contribution in [2.75, 3.05) is 17.7 Å². The Morgan fingerprint density at radius 1 is 0.765 bits per heavy atom. The summed E-state index contributed by atoms with van der Waals surface area (Å²) in [5.41, 5.74) is 5.36. The summed E-state index contributed by atoms with van der Waals surface area (Å²) in [4.78, 5) is 25.2. The first-order valence-corrected chi connectivity index (χ1v) is 11.1. The molecule has 0 bridgehead atoms. The highest BCUT2D eigenvalue weighted by molar-refractivity contribution is 6.12. The van der Waals surface area contributed by atoms with E-state index in [2.05, 4.69) is 10.6 Å². The van der Waals surface area contributed by atoms with Crippen molar-refractivity contribution in [3.05, 3.63) is 120 Å². The summed E-state index contributed by atoms with van der Waals surface area (Å²) in [7, 11) is 1.82. The molecule has 0 aromatic heterocycles. The molecule has 0 fully saturated rings. The van der Waals surface area contributed by atoms with Crippen LogP contribution < -0.4 is 10.6 Å². The van der Waals surface area contributed by atoms with Gasteiger partial charge in [0.15, 0.2) is 5.78 Å². The van der Waals surface area contributed by atoms with Gasteiger partial charge in [0.1, 0.15) is 6.04 Å². The van der Waals surface area contributed by atoms with Crippen molar-refractivity contribution in [1.82, 2.24) is 0 Å². The summed E-state index contributed by atoms with van der Waals surface area (Å²) in [6.07, 6.45) is 0.244. The van der Waals surface area contributed by atoms with Crippen molar-refractivity contribution in [2.45, 2.75) is 12.5 Å². The van der Waals surface area contributed by atoms with Crippen molar-refractivity contribution >= 4 is 23.1 Å². The van der Waals surface area contributed by atoms with Gasteiger partial charge < -0.3 is 15.7 Å². The van der Waals surface area contributed by atoms with E-state index in [9.17, 15) is 14.7 Å². The fourth-order valence-electron chi connectivity index (χ4n) is 3.96. The molecule has 4 aromatic rings. The van der Waals surface area contributed by atoms with Crippen LogP contribution in [0.3, 0.4) is 0 Å². The Morgan fingerprint density at radius 3 is 2.09 bits per heavy atom. The number of aliphatic carboxylic acids is 1. The third-order valence-electron chi connectivity index (χ3n) is 5.75. The van der Waals surface area contributed by atoms with E-state index in [1.807, 2.05) is 73.8 Å². The SMILES string of the molecule is CNc1cc(-c2ccccc2)ccc1CC(Nc1ccccc1C(=O)c1ccccc1)C(=O)O. The topological polar surface area (TPSA) is 78.4 Å². The van der Waals surface area contributed by atoms with Crippen LogP contribution in [-0.2, 0) is 11.2 Å². The molecule has 4 rings (SSSR count). The second kappa shape index (κ2) is 10.5. The minimum absolute atomic E-state index is 0.157. The number of ketones is 1. The molecule has 3 N–H and O–H groups in total. The number of para-hydroxylation sites is 1. The molecular formula is C29H26N2O3. The molecule has 0 aliphatic rings. The lowest BCUT2D eigenvalue weighted by Gasteiger charge is -2.20. The van der Waals surface area contributed by atoms with E-state index in [0.29, 0.717) is 16.8 Å². The molecule has 4 aromatic carbocycles. The van der Waals surface area contributed by atoms with Crippen LogP contribution >= 0.6 is 0 Å². The summed E-state index contributed by atoms with van der Waals surface area (Å²) in [5, 5.41) is 16.3. The van der Waals surface area contributed by atoms with Gasteiger partial charge in [0, 0.05) is 36.0 Å². The highest BCUT2D eigenvalue weighted by Crippen LogP contribution is 2.27. The summed E-state index contributed by atoms with van der Waals surface area (Å²) in [5.74, 6) is -1.15. The molecule has 0 aliphatic carbocycles. The van der Waals surface area contributed by atoms with Crippen LogP contribution in [-0.4, -0.2) is 29.9 Å². The maximum atomic E-state index is 13.1. The zero-order chi connectivity index (χ0) is 23.9. The number of hydrogen-bond donors (Lipinski definition) is 3. The molecule has 0 saturated heterocycles. The van der Waals surface area contributed by atoms with Gasteiger partial charge in [-0.2, -0.15) is 0 Å². The van der Waals surface area contributed by atoms with Crippen LogP contribution in [0.4, 0.5) is 11.4 Å². The predicted molar refractivity (Wildman–Crippen MR) is 136 cm³/mol. The van der Waals surface area contributed by atoms with Gasteiger partial charge in [-0.1, -0.05) is 84.9 Å². The van der Waals surface area contributed by atoms with Crippen LogP contribution in [0.25, 0.3) is 11.1 Å². The Hall–Kier alpha value is -4.38. The lowest BCUT2D eigenvalue weighted by Crippen LogP contribution is -2.32. The molecule has 170 valence electrons. The number of carbonyl (C=O) groups excluding carboxylic acids is 1. The number of carboxylic acids is 1. The molecule has 5 heteroatoms. The summed E-state index contributed by atoms with van der Waals surface area (Å²) in [6, 6.07) is 31.1. The molecule has 0 radical (unpaired) electrons. The van der Waals surface area contributed by atoms with E-state index in [1.165, 1.54) is 0 Å². The lowest BCUT2D eigenvalue weighted by molar-refractivity contribution is -0.137. The molecule has 34 heavy (non-hydrogen) atoms. The van der Waals surface area contributed by atoms with Crippen molar-refractivity contribution < 1.29 is 14.7 Å². The fourth-order valence-corrected chi connectivity index (χ4v) is 3.96. The highest BCUT2D eigenvalue weighted by Gasteiger charge is 2.22. The third kappa shape index (κ3) is 5.15. The van der Waals surface area contributed by atoms with Gasteiger partial charge in [0.05, 0.1) is 0 Å². The Labute approximate surface area is 199 Å². The maximum Gasteiger partial charge on any atom is 0.326 e. The van der Waals surface area contributed by atoms with Gasteiger partial charge in [0.25, 0.3) is 0 Å².